The molecule has 26 heavy (non-hydrogen) atoms. The number of hydrogen-bond acceptors (Lipinski definition) is 4. The van der Waals surface area contributed by atoms with Crippen LogP contribution >= 0.6 is 0 Å². The van der Waals surface area contributed by atoms with Crippen LogP contribution in [0.2, 0.25) is 0 Å². The summed E-state index contributed by atoms with van der Waals surface area (Å²) < 4.78 is 3.63. The minimum atomic E-state index is -0.344. The van der Waals surface area contributed by atoms with Gasteiger partial charge in [0.15, 0.2) is 5.65 Å². The number of carbonyl (C=O) groups excluding carboxylic acids is 1. The summed E-state index contributed by atoms with van der Waals surface area (Å²) >= 11 is 0. The summed E-state index contributed by atoms with van der Waals surface area (Å²) in [7, 11) is 0. The van der Waals surface area contributed by atoms with E-state index in [9.17, 15) is 4.79 Å². The van der Waals surface area contributed by atoms with Crippen LogP contribution in [0.15, 0.2) is 67.4 Å². The van der Waals surface area contributed by atoms with Crippen LogP contribution in [0.3, 0.4) is 0 Å². The summed E-state index contributed by atoms with van der Waals surface area (Å²) in [5, 5.41) is 13.7. The van der Waals surface area contributed by atoms with E-state index in [2.05, 4.69) is 25.8 Å². The molecule has 0 spiro atoms. The first-order valence-electron chi connectivity index (χ1n) is 8.16. The Morgan fingerprint density at radius 1 is 1.12 bits per heavy atom. The van der Waals surface area contributed by atoms with Crippen molar-refractivity contribution in [2.24, 2.45) is 0 Å². The van der Waals surface area contributed by atoms with Gasteiger partial charge in [-0.3, -0.25) is 9.72 Å². The Kier molecular flexibility index (Phi) is 4.06. The molecule has 0 fully saturated rings. The van der Waals surface area contributed by atoms with Gasteiger partial charge in [-0.25, -0.2) is 9.78 Å². The van der Waals surface area contributed by atoms with Crippen LogP contribution in [0.4, 0.5) is 10.7 Å². The molecular weight excluding hydrogens is 330 g/mol. The standard InChI is InChI=1S/C18H17N7O/c1-13(14-5-4-6-15(11-14)24-10-8-19-12-24)20-18(26)21-17-23-22-16-7-2-3-9-25(16)17/h2-13H,1H3,(H2,20,21,23,26). The highest BCUT2D eigenvalue weighted by Crippen LogP contribution is 2.17. The largest absolute Gasteiger partial charge is 0.331 e. The normalized spacial score (nSPS) is 12.0. The van der Waals surface area contributed by atoms with Crippen LogP contribution in [0.5, 0.6) is 0 Å². The highest BCUT2D eigenvalue weighted by atomic mass is 16.2. The lowest BCUT2D eigenvalue weighted by atomic mass is 10.1. The first-order chi connectivity index (χ1) is 12.7. The van der Waals surface area contributed by atoms with Gasteiger partial charge >= 0.3 is 6.03 Å². The fourth-order valence-corrected chi connectivity index (χ4v) is 2.71. The fourth-order valence-electron chi connectivity index (χ4n) is 2.71. The number of nitrogens with zero attached hydrogens (tertiary/aromatic N) is 5. The molecule has 4 aromatic rings. The lowest BCUT2D eigenvalue weighted by Gasteiger charge is -2.15. The zero-order valence-electron chi connectivity index (χ0n) is 14.1. The number of carbonyl (C=O) groups is 1. The fraction of sp³-hybridized carbons (Fsp3) is 0.111. The molecule has 0 aliphatic carbocycles. The number of imidazole rings is 1. The molecule has 0 bridgehead atoms. The molecule has 8 nitrogen and oxygen atoms in total. The number of amides is 2. The van der Waals surface area contributed by atoms with Gasteiger partial charge in [0.2, 0.25) is 5.95 Å². The third-order valence-electron chi connectivity index (χ3n) is 4.06. The van der Waals surface area contributed by atoms with Crippen molar-refractivity contribution in [3.63, 3.8) is 0 Å². The van der Waals surface area contributed by atoms with Crippen LogP contribution < -0.4 is 10.6 Å². The molecule has 1 aromatic carbocycles. The summed E-state index contributed by atoms with van der Waals surface area (Å²) in [4.78, 5) is 16.4. The van der Waals surface area contributed by atoms with E-state index in [0.29, 0.717) is 11.6 Å². The summed E-state index contributed by atoms with van der Waals surface area (Å²) in [6, 6.07) is 12.9. The minimum Gasteiger partial charge on any atom is -0.331 e. The molecule has 0 saturated heterocycles. The molecule has 3 aromatic heterocycles. The van der Waals surface area contributed by atoms with Gasteiger partial charge in [-0.15, -0.1) is 10.2 Å². The molecule has 0 saturated carbocycles. The maximum Gasteiger partial charge on any atom is 0.322 e. The van der Waals surface area contributed by atoms with E-state index in [4.69, 9.17) is 0 Å². The Bertz CT molecular complexity index is 1040. The van der Waals surface area contributed by atoms with Crippen molar-refractivity contribution in [2.75, 3.05) is 5.32 Å². The Morgan fingerprint density at radius 2 is 2.04 bits per heavy atom. The second-order valence-corrected chi connectivity index (χ2v) is 5.84. The number of nitrogens with one attached hydrogen (secondary N) is 2. The number of hydrogen-bond donors (Lipinski definition) is 2. The van der Waals surface area contributed by atoms with Gasteiger partial charge in [-0.2, -0.15) is 0 Å². The number of fused-ring (bicyclic) bond motifs is 1. The molecule has 8 heteroatoms. The van der Waals surface area contributed by atoms with Gasteiger partial charge in [0.05, 0.1) is 12.4 Å². The topological polar surface area (TPSA) is 89.1 Å². The van der Waals surface area contributed by atoms with Crippen molar-refractivity contribution < 1.29 is 4.79 Å². The minimum absolute atomic E-state index is 0.183. The Labute approximate surface area is 149 Å². The number of anilines is 1. The summed E-state index contributed by atoms with van der Waals surface area (Å²) in [5.74, 6) is 0.373. The maximum atomic E-state index is 12.3. The van der Waals surface area contributed by atoms with Crippen molar-refractivity contribution in [1.29, 1.82) is 0 Å². The highest BCUT2D eigenvalue weighted by molar-refractivity contribution is 5.88. The predicted molar refractivity (Wildman–Crippen MR) is 97.1 cm³/mol. The number of rotatable bonds is 4. The number of urea groups is 1. The van der Waals surface area contributed by atoms with E-state index in [0.717, 1.165) is 11.3 Å². The zero-order valence-corrected chi connectivity index (χ0v) is 14.1. The first kappa shape index (κ1) is 15.8. The van der Waals surface area contributed by atoms with E-state index < -0.39 is 0 Å². The second-order valence-electron chi connectivity index (χ2n) is 5.84. The SMILES string of the molecule is CC(NC(=O)Nc1nnc2ccccn12)c1cccc(-n2ccnc2)c1. The lowest BCUT2D eigenvalue weighted by molar-refractivity contribution is 0.249. The van der Waals surface area contributed by atoms with Gasteiger partial charge < -0.3 is 9.88 Å². The van der Waals surface area contributed by atoms with Crippen molar-refractivity contribution >= 4 is 17.6 Å². The Hall–Kier alpha value is -3.68. The average Bonchev–Trinajstić information content (AvgIpc) is 3.32. The monoisotopic (exact) mass is 347 g/mol. The van der Waals surface area contributed by atoms with Gasteiger partial charge in [0, 0.05) is 24.3 Å². The van der Waals surface area contributed by atoms with Crippen LogP contribution in [-0.2, 0) is 0 Å². The average molecular weight is 347 g/mol. The van der Waals surface area contributed by atoms with Crippen molar-refractivity contribution in [3.05, 3.63) is 72.9 Å². The van der Waals surface area contributed by atoms with Crippen LogP contribution in [0.1, 0.15) is 18.5 Å². The summed E-state index contributed by atoms with van der Waals surface area (Å²) in [6.07, 6.45) is 7.13. The predicted octanol–water partition coefficient (Wildman–Crippen LogP) is 2.80. The number of benzene rings is 1. The molecule has 1 atom stereocenters. The van der Waals surface area contributed by atoms with Crippen molar-refractivity contribution in [1.82, 2.24) is 29.5 Å². The molecule has 4 rings (SSSR count). The maximum absolute atomic E-state index is 12.3. The highest BCUT2D eigenvalue weighted by Gasteiger charge is 2.13. The molecule has 2 amide bonds. The van der Waals surface area contributed by atoms with E-state index in [1.165, 1.54) is 0 Å². The van der Waals surface area contributed by atoms with Gasteiger partial charge in [-0.1, -0.05) is 18.2 Å². The zero-order chi connectivity index (χ0) is 17.9. The van der Waals surface area contributed by atoms with E-state index in [-0.39, 0.29) is 12.1 Å². The van der Waals surface area contributed by atoms with Crippen LogP contribution in [0, 0.1) is 0 Å². The quantitative estimate of drug-likeness (QED) is 0.594. The molecule has 2 N–H and O–H groups in total. The number of aromatic nitrogens is 5. The lowest BCUT2D eigenvalue weighted by Crippen LogP contribution is -2.31. The molecule has 0 radical (unpaired) electrons. The first-order valence-corrected chi connectivity index (χ1v) is 8.16. The summed E-state index contributed by atoms with van der Waals surface area (Å²) in [6.45, 7) is 1.93. The van der Waals surface area contributed by atoms with Crippen LogP contribution in [0.25, 0.3) is 11.3 Å². The molecule has 0 aliphatic rings. The molecular formula is C18H17N7O. The van der Waals surface area contributed by atoms with Crippen molar-refractivity contribution in [2.45, 2.75) is 13.0 Å². The number of pyridine rings is 1. The Balaban J connectivity index is 1.47. The van der Waals surface area contributed by atoms with E-state index >= 15 is 0 Å². The van der Waals surface area contributed by atoms with Gasteiger partial charge in [-0.05, 0) is 36.8 Å². The third kappa shape index (κ3) is 3.12. The van der Waals surface area contributed by atoms with E-state index in [1.807, 2.05) is 60.2 Å². The summed E-state index contributed by atoms with van der Waals surface area (Å²) in [5.41, 5.74) is 2.64. The molecule has 0 aliphatic heterocycles. The molecule has 1 unspecified atom stereocenters. The smallest absolute Gasteiger partial charge is 0.322 e. The van der Waals surface area contributed by atoms with Crippen LogP contribution in [-0.4, -0.2) is 30.2 Å². The third-order valence-corrected chi connectivity index (χ3v) is 4.06. The van der Waals surface area contributed by atoms with Crippen molar-refractivity contribution in [3.8, 4) is 5.69 Å². The molecule has 130 valence electrons. The second kappa shape index (κ2) is 6.67. The molecule has 3 heterocycles. The van der Waals surface area contributed by atoms with E-state index in [1.54, 1.807) is 23.1 Å². The van der Waals surface area contributed by atoms with Gasteiger partial charge in [0.1, 0.15) is 0 Å². The van der Waals surface area contributed by atoms with Gasteiger partial charge in [0.25, 0.3) is 0 Å². The Morgan fingerprint density at radius 3 is 2.88 bits per heavy atom.